The molecule has 1 rings (SSSR count). The number of carbonyl (C=O) groups excluding carboxylic acids is 1. The summed E-state index contributed by atoms with van der Waals surface area (Å²) in [5.41, 5.74) is 0.549. The molecule has 0 heterocycles. The number of hydrogen-bond donors (Lipinski definition) is 2. The first-order valence-electron chi connectivity index (χ1n) is 6.14. The van der Waals surface area contributed by atoms with Crippen LogP contribution < -0.4 is 5.32 Å². The van der Waals surface area contributed by atoms with E-state index >= 15 is 0 Å². The molecule has 0 aliphatic carbocycles. The van der Waals surface area contributed by atoms with E-state index in [1.807, 2.05) is 6.26 Å². The summed E-state index contributed by atoms with van der Waals surface area (Å²) < 4.78 is 0. The Balaban J connectivity index is 2.87. The fourth-order valence-corrected chi connectivity index (χ4v) is 2.22. The van der Waals surface area contributed by atoms with E-state index in [4.69, 9.17) is 5.11 Å². The molecule has 8 heteroatoms. The number of rotatable bonds is 7. The van der Waals surface area contributed by atoms with Crippen LogP contribution in [0.5, 0.6) is 0 Å². The average Bonchev–Trinajstić information content (AvgIpc) is 2.42. The van der Waals surface area contributed by atoms with Gasteiger partial charge in [0.05, 0.1) is 4.92 Å². The first-order chi connectivity index (χ1) is 9.86. The van der Waals surface area contributed by atoms with Crippen LogP contribution in [0.2, 0.25) is 0 Å². The Bertz CT molecular complexity index is 561. The van der Waals surface area contributed by atoms with Crippen LogP contribution in [0.15, 0.2) is 18.2 Å². The second kappa shape index (κ2) is 7.63. The molecule has 1 atom stereocenters. The minimum atomic E-state index is -1.10. The zero-order valence-corrected chi connectivity index (χ0v) is 12.5. The van der Waals surface area contributed by atoms with E-state index in [-0.39, 0.29) is 11.3 Å². The molecule has 1 amide bonds. The van der Waals surface area contributed by atoms with Gasteiger partial charge in [-0.1, -0.05) is 0 Å². The number of nitrogens with one attached hydrogen (secondary N) is 1. The van der Waals surface area contributed by atoms with Crippen LogP contribution in [0.3, 0.4) is 0 Å². The molecule has 0 unspecified atom stereocenters. The number of benzene rings is 1. The van der Waals surface area contributed by atoms with Crippen molar-refractivity contribution in [3.63, 3.8) is 0 Å². The molecular weight excluding hydrogens is 296 g/mol. The van der Waals surface area contributed by atoms with Gasteiger partial charge >= 0.3 is 5.97 Å². The zero-order chi connectivity index (χ0) is 16.0. The quantitative estimate of drug-likeness (QED) is 0.587. The van der Waals surface area contributed by atoms with Crippen molar-refractivity contribution in [3.8, 4) is 0 Å². The molecule has 7 nitrogen and oxygen atoms in total. The van der Waals surface area contributed by atoms with Crippen molar-refractivity contribution < 1.29 is 19.6 Å². The molecule has 0 saturated carbocycles. The molecule has 0 aromatic heterocycles. The molecule has 0 fully saturated rings. The predicted octanol–water partition coefficient (Wildman–Crippen LogP) is 1.84. The SMILES string of the molecule is CSCC[C@H](NC(=O)c1ccc([N+](=O)[O-])cc1C)C(=O)O. The van der Waals surface area contributed by atoms with Crippen molar-refractivity contribution in [3.05, 3.63) is 39.4 Å². The third-order valence-corrected chi connectivity index (χ3v) is 3.52. The minimum Gasteiger partial charge on any atom is -0.480 e. The second-order valence-electron chi connectivity index (χ2n) is 4.40. The maximum absolute atomic E-state index is 12.1. The lowest BCUT2D eigenvalue weighted by molar-refractivity contribution is -0.384. The number of hydrogen-bond acceptors (Lipinski definition) is 5. The van der Waals surface area contributed by atoms with Crippen LogP contribution in [-0.2, 0) is 4.79 Å². The number of carboxylic acid groups (broad SMARTS) is 1. The number of carboxylic acids is 1. The molecule has 21 heavy (non-hydrogen) atoms. The summed E-state index contributed by atoms with van der Waals surface area (Å²) >= 11 is 1.49. The van der Waals surface area contributed by atoms with Gasteiger partial charge in [0.15, 0.2) is 0 Å². The summed E-state index contributed by atoms with van der Waals surface area (Å²) in [6, 6.07) is 2.86. The molecule has 114 valence electrons. The van der Waals surface area contributed by atoms with Crippen molar-refractivity contribution in [2.45, 2.75) is 19.4 Å². The Hall–Kier alpha value is -2.09. The maximum atomic E-state index is 12.1. The molecule has 1 aromatic carbocycles. The molecule has 0 bridgehead atoms. The molecule has 0 aliphatic heterocycles. The van der Waals surface area contributed by atoms with Crippen molar-refractivity contribution in [2.75, 3.05) is 12.0 Å². The Morgan fingerprint density at radius 2 is 2.14 bits per heavy atom. The van der Waals surface area contributed by atoms with Crippen LogP contribution in [-0.4, -0.2) is 40.0 Å². The van der Waals surface area contributed by atoms with Crippen molar-refractivity contribution in [1.29, 1.82) is 0 Å². The molecule has 0 spiro atoms. The fraction of sp³-hybridized carbons (Fsp3) is 0.385. The van der Waals surface area contributed by atoms with E-state index in [2.05, 4.69) is 5.32 Å². The van der Waals surface area contributed by atoms with Crippen LogP contribution in [0.25, 0.3) is 0 Å². The number of aryl methyl sites for hydroxylation is 1. The topological polar surface area (TPSA) is 110 Å². The summed E-state index contributed by atoms with van der Waals surface area (Å²) in [7, 11) is 0. The summed E-state index contributed by atoms with van der Waals surface area (Å²) in [5.74, 6) is -1.04. The lowest BCUT2D eigenvalue weighted by Gasteiger charge is -2.14. The average molecular weight is 312 g/mol. The summed E-state index contributed by atoms with van der Waals surface area (Å²) in [6.07, 6.45) is 2.16. The summed E-state index contributed by atoms with van der Waals surface area (Å²) in [6.45, 7) is 1.57. The standard InChI is InChI=1S/C13H16N2O5S/c1-8-7-9(15(19)20)3-4-10(8)12(16)14-11(13(17)18)5-6-21-2/h3-4,7,11H,5-6H2,1-2H3,(H,14,16)(H,17,18)/t11-/m0/s1. The van der Waals surface area contributed by atoms with Gasteiger partial charge in [0.2, 0.25) is 0 Å². The highest BCUT2D eigenvalue weighted by Crippen LogP contribution is 2.17. The molecule has 0 radical (unpaired) electrons. The monoisotopic (exact) mass is 312 g/mol. The number of thioether (sulfide) groups is 1. The highest BCUT2D eigenvalue weighted by molar-refractivity contribution is 7.98. The Labute approximate surface area is 125 Å². The maximum Gasteiger partial charge on any atom is 0.326 e. The second-order valence-corrected chi connectivity index (χ2v) is 5.39. The fourth-order valence-electron chi connectivity index (χ4n) is 1.75. The van der Waals surface area contributed by atoms with Crippen LogP contribution >= 0.6 is 11.8 Å². The van der Waals surface area contributed by atoms with Gasteiger partial charge < -0.3 is 10.4 Å². The smallest absolute Gasteiger partial charge is 0.326 e. The van der Waals surface area contributed by atoms with Crippen molar-refractivity contribution in [1.82, 2.24) is 5.32 Å². The Morgan fingerprint density at radius 1 is 1.48 bits per heavy atom. The van der Waals surface area contributed by atoms with Gasteiger partial charge in [0.25, 0.3) is 11.6 Å². The van der Waals surface area contributed by atoms with Gasteiger partial charge in [-0.3, -0.25) is 14.9 Å². The number of amides is 1. The third-order valence-electron chi connectivity index (χ3n) is 2.88. The van der Waals surface area contributed by atoms with E-state index in [9.17, 15) is 19.7 Å². The first-order valence-corrected chi connectivity index (χ1v) is 7.54. The lowest BCUT2D eigenvalue weighted by atomic mass is 10.1. The van der Waals surface area contributed by atoms with Gasteiger partial charge in [0, 0.05) is 17.7 Å². The first kappa shape index (κ1) is 17.0. The lowest BCUT2D eigenvalue weighted by Crippen LogP contribution is -2.41. The highest BCUT2D eigenvalue weighted by Gasteiger charge is 2.21. The normalized spacial score (nSPS) is 11.7. The molecular formula is C13H16N2O5S. The minimum absolute atomic E-state index is 0.110. The third kappa shape index (κ3) is 4.75. The number of non-ortho nitro benzene ring substituents is 1. The molecule has 0 aliphatic rings. The van der Waals surface area contributed by atoms with Crippen molar-refractivity contribution in [2.24, 2.45) is 0 Å². The van der Waals surface area contributed by atoms with E-state index in [0.717, 1.165) is 0 Å². The Morgan fingerprint density at radius 3 is 2.62 bits per heavy atom. The van der Waals surface area contributed by atoms with Gasteiger partial charge in [-0.15, -0.1) is 0 Å². The zero-order valence-electron chi connectivity index (χ0n) is 11.7. The number of nitro groups is 1. The van der Waals surface area contributed by atoms with Gasteiger partial charge in [0.1, 0.15) is 6.04 Å². The molecule has 2 N–H and O–H groups in total. The van der Waals surface area contributed by atoms with Crippen LogP contribution in [0.4, 0.5) is 5.69 Å². The van der Waals surface area contributed by atoms with Gasteiger partial charge in [-0.25, -0.2) is 4.79 Å². The molecule has 1 aromatic rings. The largest absolute Gasteiger partial charge is 0.480 e. The van der Waals surface area contributed by atoms with Crippen LogP contribution in [0, 0.1) is 17.0 Å². The number of nitrogens with zero attached hydrogens (tertiary/aromatic N) is 1. The van der Waals surface area contributed by atoms with Crippen LogP contribution in [0.1, 0.15) is 22.3 Å². The Kier molecular flexibility index (Phi) is 6.16. The van der Waals surface area contributed by atoms with Gasteiger partial charge in [-0.05, 0) is 37.0 Å². The van der Waals surface area contributed by atoms with Crippen molar-refractivity contribution >= 4 is 29.3 Å². The van der Waals surface area contributed by atoms with E-state index in [0.29, 0.717) is 17.7 Å². The summed E-state index contributed by atoms with van der Waals surface area (Å²) in [4.78, 5) is 33.3. The number of carbonyl (C=O) groups is 2. The van der Waals surface area contributed by atoms with E-state index in [1.165, 1.54) is 30.0 Å². The number of aliphatic carboxylic acids is 1. The summed E-state index contributed by atoms with van der Waals surface area (Å²) in [5, 5.41) is 22.1. The number of nitro benzene ring substituents is 1. The van der Waals surface area contributed by atoms with E-state index in [1.54, 1.807) is 6.92 Å². The van der Waals surface area contributed by atoms with Gasteiger partial charge in [-0.2, -0.15) is 11.8 Å². The van der Waals surface area contributed by atoms with E-state index < -0.39 is 22.8 Å². The molecule has 0 saturated heterocycles. The highest BCUT2D eigenvalue weighted by atomic mass is 32.2. The predicted molar refractivity (Wildman–Crippen MR) is 79.7 cm³/mol.